The van der Waals surface area contributed by atoms with Gasteiger partial charge in [0.2, 0.25) is 0 Å². The number of rotatable bonds is 2. The first kappa shape index (κ1) is 15.2. The highest BCUT2D eigenvalue weighted by Crippen LogP contribution is 2.28. The maximum absolute atomic E-state index is 4.85. The summed E-state index contributed by atoms with van der Waals surface area (Å²) in [6.07, 6.45) is 0. The van der Waals surface area contributed by atoms with E-state index in [1.165, 1.54) is 0 Å². The van der Waals surface area contributed by atoms with Gasteiger partial charge in [-0.05, 0) is 36.4 Å². The number of hydrogen-bond acceptors (Lipinski definition) is 3. The minimum absolute atomic E-state index is 0.644. The van der Waals surface area contributed by atoms with Crippen LogP contribution in [0.4, 0.5) is 0 Å². The highest BCUT2D eigenvalue weighted by Gasteiger charge is 2.17. The minimum Gasteiger partial charge on any atom is -0.275 e. The van der Waals surface area contributed by atoms with Gasteiger partial charge in [0.15, 0.2) is 11.3 Å². The molecule has 5 rings (SSSR count). The number of fused-ring (bicyclic) bond motifs is 2. The van der Waals surface area contributed by atoms with Gasteiger partial charge in [-0.15, -0.1) is 0 Å². The average Bonchev–Trinajstić information content (AvgIpc) is 3.06. The van der Waals surface area contributed by atoms with Crippen LogP contribution in [-0.2, 0) is 0 Å². The highest BCUT2D eigenvalue weighted by atomic mass is 79.9. The fourth-order valence-corrected chi connectivity index (χ4v) is 3.34. The molecule has 0 amide bonds. The van der Waals surface area contributed by atoms with Crippen LogP contribution in [-0.4, -0.2) is 19.5 Å². The van der Waals surface area contributed by atoms with Gasteiger partial charge < -0.3 is 0 Å². The normalized spacial score (nSPS) is 11.3. The van der Waals surface area contributed by atoms with Gasteiger partial charge in [-0.1, -0.05) is 58.4 Å². The Kier molecular flexibility index (Phi) is 3.53. The van der Waals surface area contributed by atoms with E-state index in [1.807, 2.05) is 54.6 Å². The van der Waals surface area contributed by atoms with Gasteiger partial charge in [0.25, 0.3) is 0 Å². The molecule has 5 aromatic rings. The third kappa shape index (κ3) is 2.48. The standard InChI is InChI=1S/C21H13BrN4/c22-15-10-12-16(13-11-15)26-20(14-6-2-1-3-7-14)25-19-21(26)24-18-9-5-4-8-17(18)23-19/h1-13H. The molecule has 0 unspecified atom stereocenters. The van der Waals surface area contributed by atoms with E-state index in [0.29, 0.717) is 5.65 Å². The smallest absolute Gasteiger partial charge is 0.199 e. The molecule has 0 fully saturated rings. The molecule has 0 aliphatic rings. The number of para-hydroxylation sites is 2. The molecule has 0 bridgehead atoms. The van der Waals surface area contributed by atoms with Crippen molar-refractivity contribution >= 4 is 38.3 Å². The highest BCUT2D eigenvalue weighted by molar-refractivity contribution is 9.10. The summed E-state index contributed by atoms with van der Waals surface area (Å²) < 4.78 is 3.10. The molecular weight excluding hydrogens is 388 g/mol. The topological polar surface area (TPSA) is 43.6 Å². The number of imidazole rings is 1. The van der Waals surface area contributed by atoms with Crippen molar-refractivity contribution in [1.82, 2.24) is 19.5 Å². The molecule has 0 spiro atoms. The van der Waals surface area contributed by atoms with E-state index in [2.05, 4.69) is 44.8 Å². The number of halogens is 1. The van der Waals surface area contributed by atoms with E-state index in [9.17, 15) is 0 Å². The van der Waals surface area contributed by atoms with Crippen molar-refractivity contribution in [3.63, 3.8) is 0 Å². The van der Waals surface area contributed by atoms with E-state index in [1.54, 1.807) is 0 Å². The molecule has 0 N–H and O–H groups in total. The largest absolute Gasteiger partial charge is 0.275 e. The molecule has 2 heterocycles. The zero-order chi connectivity index (χ0) is 17.5. The molecule has 4 nitrogen and oxygen atoms in total. The number of benzene rings is 3. The summed E-state index contributed by atoms with van der Waals surface area (Å²) >= 11 is 3.50. The number of aromatic nitrogens is 4. The van der Waals surface area contributed by atoms with Crippen LogP contribution in [0.2, 0.25) is 0 Å². The molecule has 0 aliphatic heterocycles. The predicted octanol–water partition coefficient (Wildman–Crippen LogP) is 5.40. The fraction of sp³-hybridized carbons (Fsp3) is 0. The number of nitrogens with zero attached hydrogens (tertiary/aromatic N) is 4. The molecule has 26 heavy (non-hydrogen) atoms. The summed E-state index contributed by atoms with van der Waals surface area (Å²) in [5, 5.41) is 0. The molecule has 0 atom stereocenters. The lowest BCUT2D eigenvalue weighted by molar-refractivity contribution is 1.08. The molecule has 0 radical (unpaired) electrons. The van der Waals surface area contributed by atoms with Crippen molar-refractivity contribution in [2.75, 3.05) is 0 Å². The van der Waals surface area contributed by atoms with Crippen molar-refractivity contribution < 1.29 is 0 Å². The summed E-state index contributed by atoms with van der Waals surface area (Å²) in [6, 6.07) is 26.1. The van der Waals surface area contributed by atoms with E-state index in [-0.39, 0.29) is 0 Å². The first-order chi connectivity index (χ1) is 12.8. The molecular formula is C21H13BrN4. The van der Waals surface area contributed by atoms with Crippen LogP contribution in [0.3, 0.4) is 0 Å². The number of hydrogen-bond donors (Lipinski definition) is 0. The Labute approximate surface area is 158 Å². The van der Waals surface area contributed by atoms with Crippen molar-refractivity contribution in [2.24, 2.45) is 0 Å². The van der Waals surface area contributed by atoms with E-state index in [4.69, 9.17) is 15.0 Å². The second-order valence-corrected chi connectivity index (χ2v) is 6.89. The Morgan fingerprint density at radius 1 is 0.654 bits per heavy atom. The molecule has 0 saturated heterocycles. The van der Waals surface area contributed by atoms with Crippen LogP contribution in [0.15, 0.2) is 83.3 Å². The SMILES string of the molecule is Brc1ccc(-n2c(-c3ccccc3)nc3nc4ccccc4nc32)cc1. The van der Waals surface area contributed by atoms with Crippen LogP contribution < -0.4 is 0 Å². The summed E-state index contributed by atoms with van der Waals surface area (Å²) in [5.74, 6) is 0.832. The van der Waals surface area contributed by atoms with Crippen molar-refractivity contribution in [3.8, 4) is 17.1 Å². The van der Waals surface area contributed by atoms with Gasteiger partial charge in [0.05, 0.1) is 11.0 Å². The Balaban J connectivity index is 1.88. The van der Waals surface area contributed by atoms with E-state index in [0.717, 1.165) is 38.2 Å². The van der Waals surface area contributed by atoms with Crippen molar-refractivity contribution in [1.29, 1.82) is 0 Å². The van der Waals surface area contributed by atoms with Crippen LogP contribution >= 0.6 is 15.9 Å². The third-order valence-electron chi connectivity index (χ3n) is 4.29. The second kappa shape index (κ2) is 6.04. The fourth-order valence-electron chi connectivity index (χ4n) is 3.07. The van der Waals surface area contributed by atoms with Crippen LogP contribution in [0.1, 0.15) is 0 Å². The van der Waals surface area contributed by atoms with Crippen LogP contribution in [0.5, 0.6) is 0 Å². The Hall–Kier alpha value is -3.05. The van der Waals surface area contributed by atoms with Crippen molar-refractivity contribution in [2.45, 2.75) is 0 Å². The molecule has 3 aromatic carbocycles. The summed E-state index contributed by atoms with van der Waals surface area (Å²) in [4.78, 5) is 14.4. The summed E-state index contributed by atoms with van der Waals surface area (Å²) in [6.45, 7) is 0. The Morgan fingerprint density at radius 2 is 1.31 bits per heavy atom. The molecule has 2 aromatic heterocycles. The van der Waals surface area contributed by atoms with Gasteiger partial charge >= 0.3 is 0 Å². The maximum atomic E-state index is 4.85. The zero-order valence-corrected chi connectivity index (χ0v) is 15.3. The summed E-state index contributed by atoms with van der Waals surface area (Å²) in [5.41, 5.74) is 5.13. The zero-order valence-electron chi connectivity index (χ0n) is 13.7. The first-order valence-electron chi connectivity index (χ1n) is 8.26. The van der Waals surface area contributed by atoms with E-state index < -0.39 is 0 Å². The third-order valence-corrected chi connectivity index (χ3v) is 4.82. The molecule has 0 aliphatic carbocycles. The predicted molar refractivity (Wildman–Crippen MR) is 107 cm³/mol. The monoisotopic (exact) mass is 400 g/mol. The van der Waals surface area contributed by atoms with Gasteiger partial charge in [-0.2, -0.15) is 0 Å². The Morgan fingerprint density at radius 3 is 2.04 bits per heavy atom. The van der Waals surface area contributed by atoms with Crippen molar-refractivity contribution in [3.05, 3.63) is 83.3 Å². The Bertz CT molecular complexity index is 1230. The van der Waals surface area contributed by atoms with Crippen LogP contribution in [0.25, 0.3) is 39.4 Å². The van der Waals surface area contributed by atoms with E-state index >= 15 is 0 Å². The minimum atomic E-state index is 0.644. The maximum Gasteiger partial charge on any atom is 0.199 e. The van der Waals surface area contributed by atoms with Gasteiger partial charge in [0, 0.05) is 15.7 Å². The molecule has 124 valence electrons. The quantitative estimate of drug-likeness (QED) is 0.398. The summed E-state index contributed by atoms with van der Waals surface area (Å²) in [7, 11) is 0. The lowest BCUT2D eigenvalue weighted by atomic mass is 10.2. The molecule has 5 heteroatoms. The van der Waals surface area contributed by atoms with Gasteiger partial charge in [0.1, 0.15) is 5.82 Å². The van der Waals surface area contributed by atoms with Crippen LogP contribution in [0, 0.1) is 0 Å². The lowest BCUT2D eigenvalue weighted by Crippen LogP contribution is -1.99. The average molecular weight is 401 g/mol. The van der Waals surface area contributed by atoms with Gasteiger partial charge in [-0.25, -0.2) is 15.0 Å². The first-order valence-corrected chi connectivity index (χ1v) is 9.05. The molecule has 0 saturated carbocycles. The second-order valence-electron chi connectivity index (χ2n) is 5.97. The lowest BCUT2D eigenvalue weighted by Gasteiger charge is -2.09. The van der Waals surface area contributed by atoms with Gasteiger partial charge in [-0.3, -0.25) is 4.57 Å².